The summed E-state index contributed by atoms with van der Waals surface area (Å²) in [4.78, 5) is 15.9. The highest BCUT2D eigenvalue weighted by molar-refractivity contribution is 7.89. The Kier molecular flexibility index (Phi) is 5.28. The van der Waals surface area contributed by atoms with Crippen LogP contribution in [-0.4, -0.2) is 44.4 Å². The molecule has 2 aromatic rings. The van der Waals surface area contributed by atoms with Crippen molar-refractivity contribution in [3.8, 4) is 0 Å². The van der Waals surface area contributed by atoms with Gasteiger partial charge in [-0.2, -0.15) is 0 Å². The molecule has 0 aliphatic rings. The van der Waals surface area contributed by atoms with Crippen molar-refractivity contribution in [3.05, 3.63) is 46.4 Å². The molecule has 0 bridgehead atoms. The number of carbonyl (C=O) groups excluding carboxylic acids is 1. The largest absolute Gasteiger partial charge is 0.465 e. The molecule has 0 amide bonds. The number of pyridine rings is 1. The van der Waals surface area contributed by atoms with Crippen LogP contribution < -0.4 is 0 Å². The van der Waals surface area contributed by atoms with E-state index in [1.165, 1.54) is 29.9 Å². The van der Waals surface area contributed by atoms with E-state index in [0.29, 0.717) is 13.0 Å². The lowest BCUT2D eigenvalue weighted by molar-refractivity contribution is 0.0606. The van der Waals surface area contributed by atoms with Crippen molar-refractivity contribution in [2.75, 3.05) is 20.7 Å². The van der Waals surface area contributed by atoms with E-state index in [1.807, 2.05) is 18.2 Å². The zero-order valence-corrected chi connectivity index (χ0v) is 13.9. The maximum Gasteiger partial charge on any atom is 0.348 e. The average Bonchev–Trinajstić information content (AvgIpc) is 3.03. The minimum absolute atomic E-state index is 0.0985. The Bertz CT molecular complexity index is 741. The van der Waals surface area contributed by atoms with Gasteiger partial charge in [0.25, 0.3) is 0 Å². The van der Waals surface area contributed by atoms with E-state index in [1.54, 1.807) is 6.20 Å². The van der Waals surface area contributed by atoms with Gasteiger partial charge in [0.05, 0.1) is 12.0 Å². The van der Waals surface area contributed by atoms with E-state index in [0.717, 1.165) is 17.0 Å². The molecule has 0 saturated carbocycles. The Morgan fingerprint density at radius 1 is 1.41 bits per heavy atom. The number of nitrogens with zero attached hydrogens (tertiary/aromatic N) is 2. The van der Waals surface area contributed by atoms with Crippen molar-refractivity contribution in [1.29, 1.82) is 0 Å². The third-order valence-electron chi connectivity index (χ3n) is 3.08. The van der Waals surface area contributed by atoms with Crippen molar-refractivity contribution < 1.29 is 17.9 Å². The number of thiophene rings is 1. The summed E-state index contributed by atoms with van der Waals surface area (Å²) < 4.78 is 30.7. The normalized spacial score (nSPS) is 11.6. The number of hydrogen-bond acceptors (Lipinski definition) is 6. The van der Waals surface area contributed by atoms with Crippen molar-refractivity contribution in [2.24, 2.45) is 0 Å². The predicted octanol–water partition coefficient (Wildman–Crippen LogP) is 1.79. The first-order valence-electron chi connectivity index (χ1n) is 6.48. The van der Waals surface area contributed by atoms with E-state index in [-0.39, 0.29) is 9.77 Å². The molecular formula is C14H16N2O4S2. The van der Waals surface area contributed by atoms with Crippen LogP contribution in [0.4, 0.5) is 0 Å². The number of carbonyl (C=O) groups is 1. The van der Waals surface area contributed by atoms with Gasteiger partial charge in [-0.15, -0.1) is 11.3 Å². The number of likely N-dealkylation sites (N-methyl/N-ethyl adjacent to an activating group) is 1. The molecule has 0 saturated heterocycles. The fraction of sp³-hybridized carbons (Fsp3) is 0.286. The summed E-state index contributed by atoms with van der Waals surface area (Å²) >= 11 is 1.05. The quantitative estimate of drug-likeness (QED) is 0.749. The molecule has 0 aliphatic carbocycles. The number of aromatic nitrogens is 1. The zero-order valence-electron chi connectivity index (χ0n) is 12.2. The van der Waals surface area contributed by atoms with Gasteiger partial charge in [0.15, 0.2) is 0 Å². The molecule has 8 heteroatoms. The molecule has 0 atom stereocenters. The first kappa shape index (κ1) is 16.6. The minimum Gasteiger partial charge on any atom is -0.465 e. The van der Waals surface area contributed by atoms with E-state index in [2.05, 4.69) is 9.72 Å². The van der Waals surface area contributed by atoms with Crippen LogP contribution in [0.1, 0.15) is 15.4 Å². The number of esters is 1. The van der Waals surface area contributed by atoms with Gasteiger partial charge in [-0.1, -0.05) is 6.07 Å². The molecular weight excluding hydrogens is 324 g/mol. The number of rotatable bonds is 6. The Morgan fingerprint density at radius 2 is 2.18 bits per heavy atom. The van der Waals surface area contributed by atoms with Gasteiger partial charge in [-0.25, -0.2) is 17.5 Å². The van der Waals surface area contributed by atoms with Gasteiger partial charge in [0, 0.05) is 37.3 Å². The molecule has 0 spiro atoms. The van der Waals surface area contributed by atoms with Crippen molar-refractivity contribution in [3.63, 3.8) is 0 Å². The summed E-state index contributed by atoms with van der Waals surface area (Å²) in [5.74, 6) is -0.539. The van der Waals surface area contributed by atoms with E-state index >= 15 is 0 Å². The first-order chi connectivity index (χ1) is 10.4. The SMILES string of the molecule is COC(=O)c1cc(S(=O)(=O)N(C)CCc2ccccn2)cs1. The van der Waals surface area contributed by atoms with Crippen molar-refractivity contribution in [2.45, 2.75) is 11.3 Å². The smallest absolute Gasteiger partial charge is 0.348 e. The van der Waals surface area contributed by atoms with Crippen LogP contribution in [0, 0.1) is 0 Å². The lowest BCUT2D eigenvalue weighted by Crippen LogP contribution is -2.28. The predicted molar refractivity (Wildman–Crippen MR) is 83.4 cm³/mol. The van der Waals surface area contributed by atoms with Gasteiger partial charge in [-0.3, -0.25) is 4.98 Å². The third-order valence-corrected chi connectivity index (χ3v) is 5.97. The Balaban J connectivity index is 2.09. The number of hydrogen-bond donors (Lipinski definition) is 0. The zero-order chi connectivity index (χ0) is 16.2. The lowest BCUT2D eigenvalue weighted by Gasteiger charge is -2.15. The molecule has 0 N–H and O–H groups in total. The van der Waals surface area contributed by atoms with Gasteiger partial charge in [0.2, 0.25) is 10.0 Å². The second kappa shape index (κ2) is 6.99. The molecule has 0 fully saturated rings. The number of methoxy groups -OCH3 is 1. The summed E-state index contributed by atoms with van der Waals surface area (Å²) in [6.07, 6.45) is 2.19. The molecule has 2 rings (SSSR count). The summed E-state index contributed by atoms with van der Waals surface area (Å²) in [5, 5.41) is 1.44. The van der Waals surface area contributed by atoms with Crippen LogP contribution >= 0.6 is 11.3 Å². The van der Waals surface area contributed by atoms with Crippen LogP contribution in [0.3, 0.4) is 0 Å². The highest BCUT2D eigenvalue weighted by Gasteiger charge is 2.23. The van der Waals surface area contributed by atoms with Gasteiger partial charge >= 0.3 is 5.97 Å². The summed E-state index contributed by atoms with van der Waals surface area (Å²) in [6, 6.07) is 6.85. The van der Waals surface area contributed by atoms with Crippen LogP contribution in [0.25, 0.3) is 0 Å². The van der Waals surface area contributed by atoms with E-state index < -0.39 is 16.0 Å². The minimum atomic E-state index is -3.62. The second-order valence-electron chi connectivity index (χ2n) is 4.54. The Hall–Kier alpha value is -1.77. The summed E-state index contributed by atoms with van der Waals surface area (Å²) in [7, 11) is -0.855. The van der Waals surface area contributed by atoms with Crippen LogP contribution in [0.5, 0.6) is 0 Å². The molecule has 0 aliphatic heterocycles. The molecule has 0 aromatic carbocycles. The molecule has 118 valence electrons. The molecule has 22 heavy (non-hydrogen) atoms. The maximum absolute atomic E-state index is 12.4. The van der Waals surface area contributed by atoms with E-state index in [9.17, 15) is 13.2 Å². The molecule has 0 radical (unpaired) electrons. The highest BCUT2D eigenvalue weighted by Crippen LogP contribution is 2.22. The fourth-order valence-electron chi connectivity index (χ4n) is 1.78. The van der Waals surface area contributed by atoms with Crippen LogP contribution in [0.15, 0.2) is 40.7 Å². The van der Waals surface area contributed by atoms with Gasteiger partial charge in [-0.05, 0) is 18.2 Å². The van der Waals surface area contributed by atoms with Crippen LogP contribution in [0.2, 0.25) is 0 Å². The topological polar surface area (TPSA) is 76.6 Å². The Labute approximate surface area is 133 Å². The summed E-state index contributed by atoms with van der Waals surface area (Å²) in [6.45, 7) is 0.308. The monoisotopic (exact) mass is 340 g/mol. The highest BCUT2D eigenvalue weighted by atomic mass is 32.2. The molecule has 2 heterocycles. The second-order valence-corrected chi connectivity index (χ2v) is 7.49. The summed E-state index contributed by atoms with van der Waals surface area (Å²) in [5.41, 5.74) is 0.824. The number of ether oxygens (including phenoxy) is 1. The van der Waals surface area contributed by atoms with Gasteiger partial charge in [0.1, 0.15) is 4.88 Å². The van der Waals surface area contributed by atoms with E-state index in [4.69, 9.17) is 0 Å². The fourth-order valence-corrected chi connectivity index (χ4v) is 4.13. The van der Waals surface area contributed by atoms with Crippen LogP contribution in [-0.2, 0) is 21.2 Å². The van der Waals surface area contributed by atoms with Gasteiger partial charge < -0.3 is 4.74 Å². The Morgan fingerprint density at radius 3 is 2.82 bits per heavy atom. The maximum atomic E-state index is 12.4. The molecule has 6 nitrogen and oxygen atoms in total. The lowest BCUT2D eigenvalue weighted by atomic mass is 10.3. The molecule has 2 aromatic heterocycles. The number of sulfonamides is 1. The standard InChI is InChI=1S/C14H16N2O4S2/c1-16(8-6-11-5-3-4-7-15-11)22(18,19)12-9-13(21-10-12)14(17)20-2/h3-5,7,9-10H,6,8H2,1-2H3. The third kappa shape index (κ3) is 3.70. The average molecular weight is 340 g/mol. The first-order valence-corrected chi connectivity index (χ1v) is 8.80. The van der Waals surface area contributed by atoms with Crippen molar-refractivity contribution >= 4 is 27.3 Å². The molecule has 0 unspecified atom stereocenters. The van der Waals surface area contributed by atoms with Crippen molar-refractivity contribution in [1.82, 2.24) is 9.29 Å².